The molecule has 0 amide bonds. The van der Waals surface area contributed by atoms with Gasteiger partial charge in [-0.15, -0.1) is 11.3 Å². The summed E-state index contributed by atoms with van der Waals surface area (Å²) >= 11 is 5.24. The van der Waals surface area contributed by atoms with Gasteiger partial charge in [-0.05, 0) is 40.9 Å². The van der Waals surface area contributed by atoms with E-state index in [1.54, 1.807) is 11.3 Å². The summed E-state index contributed by atoms with van der Waals surface area (Å²) in [6.45, 7) is 4.21. The van der Waals surface area contributed by atoms with Gasteiger partial charge in [0.15, 0.2) is 0 Å². The van der Waals surface area contributed by atoms with Crippen molar-refractivity contribution < 1.29 is 0 Å². The molecule has 0 saturated heterocycles. The lowest BCUT2D eigenvalue weighted by Crippen LogP contribution is -2.26. The van der Waals surface area contributed by atoms with Crippen molar-refractivity contribution in [1.82, 2.24) is 5.43 Å². The predicted octanol–water partition coefficient (Wildman–Crippen LogP) is 2.73. The van der Waals surface area contributed by atoms with Gasteiger partial charge in [0.25, 0.3) is 0 Å². The minimum Gasteiger partial charge on any atom is -0.271 e. The summed E-state index contributed by atoms with van der Waals surface area (Å²) in [7, 11) is 0. The van der Waals surface area contributed by atoms with Gasteiger partial charge in [-0.25, -0.2) is 0 Å². The van der Waals surface area contributed by atoms with Crippen molar-refractivity contribution in [3.63, 3.8) is 0 Å². The molecule has 0 aromatic carbocycles. The van der Waals surface area contributed by atoms with E-state index >= 15 is 0 Å². The van der Waals surface area contributed by atoms with Gasteiger partial charge in [-0.2, -0.15) is 0 Å². The van der Waals surface area contributed by atoms with Crippen molar-refractivity contribution in [2.75, 3.05) is 0 Å². The second-order valence-electron chi connectivity index (χ2n) is 2.73. The zero-order valence-electron chi connectivity index (χ0n) is 7.23. The van der Waals surface area contributed by atoms with E-state index in [1.807, 2.05) is 0 Å². The van der Waals surface area contributed by atoms with Crippen LogP contribution < -0.4 is 11.3 Å². The van der Waals surface area contributed by atoms with Crippen LogP contribution in [0.4, 0.5) is 0 Å². The zero-order chi connectivity index (χ0) is 9.14. The first-order valence-electron chi connectivity index (χ1n) is 3.91. The number of hydrogen-bond acceptors (Lipinski definition) is 3. The van der Waals surface area contributed by atoms with E-state index in [4.69, 9.17) is 5.84 Å². The Morgan fingerprint density at radius 3 is 2.75 bits per heavy atom. The minimum absolute atomic E-state index is 0.292. The molecule has 68 valence electrons. The van der Waals surface area contributed by atoms with Gasteiger partial charge in [0.1, 0.15) is 0 Å². The number of thiophene rings is 1. The summed E-state index contributed by atoms with van der Waals surface area (Å²) in [4.78, 5) is 1.30. The van der Waals surface area contributed by atoms with Crippen LogP contribution in [0, 0.1) is 6.92 Å². The van der Waals surface area contributed by atoms with E-state index in [-0.39, 0.29) is 0 Å². The number of hydrogen-bond donors (Lipinski definition) is 2. The molecular formula is C8H13BrN2S. The van der Waals surface area contributed by atoms with E-state index in [0.717, 1.165) is 6.42 Å². The molecule has 0 aliphatic heterocycles. The topological polar surface area (TPSA) is 38.0 Å². The zero-order valence-corrected chi connectivity index (χ0v) is 9.63. The average molecular weight is 249 g/mol. The highest BCUT2D eigenvalue weighted by molar-refractivity contribution is 9.11. The summed E-state index contributed by atoms with van der Waals surface area (Å²) in [5.74, 6) is 5.42. The fourth-order valence-corrected chi connectivity index (χ4v) is 2.77. The van der Waals surface area contributed by atoms with Gasteiger partial charge in [0.2, 0.25) is 0 Å². The normalized spacial score (nSPS) is 13.3. The summed E-state index contributed by atoms with van der Waals surface area (Å²) < 4.78 is 1.20. The molecule has 1 rings (SSSR count). The van der Waals surface area contributed by atoms with Crippen LogP contribution in [0.2, 0.25) is 0 Å². The first kappa shape index (κ1) is 10.2. The van der Waals surface area contributed by atoms with Crippen LogP contribution in [0.3, 0.4) is 0 Å². The van der Waals surface area contributed by atoms with Crippen LogP contribution >= 0.6 is 27.3 Å². The minimum atomic E-state index is 0.292. The average Bonchev–Trinajstić information content (AvgIpc) is 2.35. The lowest BCUT2D eigenvalue weighted by atomic mass is 10.2. The molecule has 0 spiro atoms. The largest absolute Gasteiger partial charge is 0.271 e. The Labute approximate surface area is 85.3 Å². The molecule has 3 N–H and O–H groups in total. The molecule has 2 nitrogen and oxygen atoms in total. The first-order valence-corrected chi connectivity index (χ1v) is 5.52. The van der Waals surface area contributed by atoms with E-state index in [2.05, 4.69) is 41.3 Å². The van der Waals surface area contributed by atoms with Crippen LogP contribution in [-0.2, 0) is 0 Å². The van der Waals surface area contributed by atoms with Crippen molar-refractivity contribution in [3.8, 4) is 0 Å². The summed E-state index contributed by atoms with van der Waals surface area (Å²) in [6, 6.07) is 2.46. The molecule has 0 aliphatic rings. The standard InChI is InChI=1S/C8H13BrN2S/c1-3-6(11-10)7-4-5(2)8(9)12-7/h4,6,11H,3,10H2,1-2H3. The molecule has 0 saturated carbocycles. The van der Waals surface area contributed by atoms with Crippen LogP contribution in [-0.4, -0.2) is 0 Å². The number of nitrogens with one attached hydrogen (secondary N) is 1. The maximum Gasteiger partial charge on any atom is 0.0731 e. The fraction of sp³-hybridized carbons (Fsp3) is 0.500. The lowest BCUT2D eigenvalue weighted by Gasteiger charge is -2.09. The Bertz CT molecular complexity index is 236. The highest BCUT2D eigenvalue weighted by Gasteiger charge is 2.11. The third kappa shape index (κ3) is 2.07. The van der Waals surface area contributed by atoms with E-state index in [1.165, 1.54) is 14.2 Å². The van der Waals surface area contributed by atoms with Crippen molar-refractivity contribution >= 4 is 27.3 Å². The Kier molecular flexibility index (Phi) is 3.71. The second-order valence-corrected chi connectivity index (χ2v) is 5.13. The van der Waals surface area contributed by atoms with Crippen LogP contribution in [0.1, 0.15) is 29.8 Å². The monoisotopic (exact) mass is 248 g/mol. The van der Waals surface area contributed by atoms with Crippen LogP contribution in [0.25, 0.3) is 0 Å². The molecule has 0 aliphatic carbocycles. The molecule has 1 aromatic rings. The SMILES string of the molecule is CCC(NN)c1cc(C)c(Br)s1. The lowest BCUT2D eigenvalue weighted by molar-refractivity contribution is 0.547. The molecule has 4 heteroatoms. The smallest absolute Gasteiger partial charge is 0.0731 e. The second kappa shape index (κ2) is 4.37. The molecule has 12 heavy (non-hydrogen) atoms. The van der Waals surface area contributed by atoms with Crippen molar-refractivity contribution in [3.05, 3.63) is 20.3 Å². The Balaban J connectivity index is 2.86. The van der Waals surface area contributed by atoms with Gasteiger partial charge in [-0.3, -0.25) is 11.3 Å². The van der Waals surface area contributed by atoms with E-state index in [9.17, 15) is 0 Å². The highest BCUT2D eigenvalue weighted by Crippen LogP contribution is 2.32. The molecule has 0 radical (unpaired) electrons. The fourth-order valence-electron chi connectivity index (χ4n) is 1.06. The van der Waals surface area contributed by atoms with Crippen molar-refractivity contribution in [2.45, 2.75) is 26.3 Å². The molecule has 1 aromatic heterocycles. The molecular weight excluding hydrogens is 236 g/mol. The third-order valence-corrected chi connectivity index (χ3v) is 4.08. The number of halogens is 1. The third-order valence-electron chi connectivity index (χ3n) is 1.83. The van der Waals surface area contributed by atoms with Crippen LogP contribution in [0.5, 0.6) is 0 Å². The van der Waals surface area contributed by atoms with Gasteiger partial charge >= 0.3 is 0 Å². The van der Waals surface area contributed by atoms with Crippen molar-refractivity contribution in [2.24, 2.45) is 5.84 Å². The Hall–Kier alpha value is 0.1000. The Morgan fingerprint density at radius 2 is 2.42 bits per heavy atom. The number of nitrogens with two attached hydrogens (primary N) is 1. The Morgan fingerprint density at radius 1 is 1.75 bits per heavy atom. The van der Waals surface area contributed by atoms with E-state index in [0.29, 0.717) is 6.04 Å². The molecule has 1 heterocycles. The molecule has 1 unspecified atom stereocenters. The number of rotatable bonds is 3. The van der Waals surface area contributed by atoms with Gasteiger partial charge in [-0.1, -0.05) is 6.92 Å². The van der Waals surface area contributed by atoms with Gasteiger partial charge in [0, 0.05) is 4.88 Å². The first-order chi connectivity index (χ1) is 5.69. The highest BCUT2D eigenvalue weighted by atomic mass is 79.9. The summed E-state index contributed by atoms with van der Waals surface area (Å²) in [5.41, 5.74) is 4.08. The quantitative estimate of drug-likeness (QED) is 0.638. The summed E-state index contributed by atoms with van der Waals surface area (Å²) in [6.07, 6.45) is 1.02. The van der Waals surface area contributed by atoms with Crippen LogP contribution in [0.15, 0.2) is 9.85 Å². The molecule has 0 bridgehead atoms. The molecule has 1 atom stereocenters. The summed E-state index contributed by atoms with van der Waals surface area (Å²) in [5, 5.41) is 0. The predicted molar refractivity (Wildman–Crippen MR) is 57.1 cm³/mol. The number of aryl methyl sites for hydroxylation is 1. The molecule has 0 fully saturated rings. The van der Waals surface area contributed by atoms with Gasteiger partial charge in [0.05, 0.1) is 9.83 Å². The maximum atomic E-state index is 5.42. The van der Waals surface area contributed by atoms with Gasteiger partial charge < -0.3 is 0 Å². The van der Waals surface area contributed by atoms with Crippen molar-refractivity contribution in [1.29, 1.82) is 0 Å². The van der Waals surface area contributed by atoms with E-state index < -0.39 is 0 Å². The number of hydrazine groups is 1. The maximum absolute atomic E-state index is 5.42.